The van der Waals surface area contributed by atoms with E-state index in [0.29, 0.717) is 17.9 Å². The molecular weight excluding hydrogens is 220 g/mol. The summed E-state index contributed by atoms with van der Waals surface area (Å²) >= 11 is 0. The highest BCUT2D eigenvalue weighted by atomic mass is 16.5. The highest BCUT2D eigenvalue weighted by Gasteiger charge is 2.11. The Labute approximate surface area is 101 Å². The lowest BCUT2D eigenvalue weighted by atomic mass is 10.1. The number of hydrogen-bond acceptors (Lipinski definition) is 4. The van der Waals surface area contributed by atoms with Crippen molar-refractivity contribution in [1.29, 1.82) is 0 Å². The van der Waals surface area contributed by atoms with Gasteiger partial charge in [0.1, 0.15) is 5.75 Å². The summed E-state index contributed by atoms with van der Waals surface area (Å²) in [4.78, 5) is 22.6. The molecule has 0 fully saturated rings. The van der Waals surface area contributed by atoms with E-state index in [9.17, 15) is 9.59 Å². The van der Waals surface area contributed by atoms with E-state index in [-0.39, 0.29) is 18.2 Å². The maximum atomic E-state index is 11.4. The van der Waals surface area contributed by atoms with Crippen LogP contribution in [0.2, 0.25) is 0 Å². The van der Waals surface area contributed by atoms with Gasteiger partial charge in [-0.05, 0) is 19.9 Å². The van der Waals surface area contributed by atoms with Crippen molar-refractivity contribution in [3.63, 3.8) is 0 Å². The summed E-state index contributed by atoms with van der Waals surface area (Å²) in [6.45, 7) is 3.60. The number of methoxy groups -OCH3 is 1. The lowest BCUT2D eigenvalue weighted by Gasteiger charge is -2.09. The number of ketones is 1. The van der Waals surface area contributed by atoms with Crippen molar-refractivity contribution in [2.75, 3.05) is 13.7 Å². The Hall–Kier alpha value is -1.84. The first-order valence-corrected chi connectivity index (χ1v) is 5.42. The number of rotatable bonds is 5. The molecule has 0 atom stereocenters. The van der Waals surface area contributed by atoms with E-state index in [1.165, 1.54) is 14.0 Å². The fraction of sp³-hybridized carbons (Fsp3) is 0.385. The van der Waals surface area contributed by atoms with Crippen molar-refractivity contribution in [1.82, 2.24) is 0 Å². The molecule has 1 rings (SSSR count). The van der Waals surface area contributed by atoms with Gasteiger partial charge in [-0.1, -0.05) is 12.1 Å². The van der Waals surface area contributed by atoms with E-state index in [0.717, 1.165) is 5.56 Å². The van der Waals surface area contributed by atoms with Gasteiger partial charge in [-0.25, -0.2) is 0 Å². The van der Waals surface area contributed by atoms with Crippen LogP contribution in [0.15, 0.2) is 18.2 Å². The van der Waals surface area contributed by atoms with Crippen LogP contribution < -0.4 is 4.74 Å². The second-order valence-electron chi connectivity index (χ2n) is 3.56. The molecule has 0 amide bonds. The number of carbonyl (C=O) groups is 2. The van der Waals surface area contributed by atoms with Gasteiger partial charge in [0, 0.05) is 11.1 Å². The molecule has 1 aromatic rings. The number of Topliss-reactive ketones (excluding diaryl/α,β-unsaturated/α-hetero) is 1. The van der Waals surface area contributed by atoms with E-state index in [1.807, 2.05) is 0 Å². The summed E-state index contributed by atoms with van der Waals surface area (Å²) in [6, 6.07) is 5.03. The molecule has 0 saturated heterocycles. The minimum atomic E-state index is -0.304. The van der Waals surface area contributed by atoms with Gasteiger partial charge >= 0.3 is 5.97 Å². The van der Waals surface area contributed by atoms with Crippen LogP contribution in [0.5, 0.6) is 5.75 Å². The lowest BCUT2D eigenvalue weighted by molar-refractivity contribution is -0.142. The van der Waals surface area contributed by atoms with Crippen LogP contribution in [-0.4, -0.2) is 25.5 Å². The minimum absolute atomic E-state index is 0.0361. The maximum absolute atomic E-state index is 11.4. The molecular formula is C13H16O4. The van der Waals surface area contributed by atoms with Crippen molar-refractivity contribution in [2.45, 2.75) is 20.3 Å². The summed E-state index contributed by atoms with van der Waals surface area (Å²) in [6.07, 6.45) is 0.148. The SMILES string of the molecule is CCOC(=O)Cc1ccc(C(C)=O)cc1OC. The molecule has 0 heterocycles. The zero-order chi connectivity index (χ0) is 12.8. The molecule has 0 N–H and O–H groups in total. The van der Waals surface area contributed by atoms with Gasteiger partial charge in [-0.3, -0.25) is 9.59 Å². The second kappa shape index (κ2) is 6.03. The van der Waals surface area contributed by atoms with Gasteiger partial charge in [-0.2, -0.15) is 0 Å². The fourth-order valence-corrected chi connectivity index (χ4v) is 1.48. The van der Waals surface area contributed by atoms with Crippen LogP contribution in [0.25, 0.3) is 0 Å². The molecule has 0 aliphatic rings. The Morgan fingerprint density at radius 1 is 1.29 bits per heavy atom. The smallest absolute Gasteiger partial charge is 0.310 e. The lowest BCUT2D eigenvalue weighted by Crippen LogP contribution is -2.09. The Morgan fingerprint density at radius 3 is 2.53 bits per heavy atom. The molecule has 0 unspecified atom stereocenters. The number of hydrogen-bond donors (Lipinski definition) is 0. The quantitative estimate of drug-likeness (QED) is 0.579. The van der Waals surface area contributed by atoms with Crippen LogP contribution in [0.4, 0.5) is 0 Å². The van der Waals surface area contributed by atoms with Gasteiger partial charge in [0.25, 0.3) is 0 Å². The zero-order valence-electron chi connectivity index (χ0n) is 10.3. The van der Waals surface area contributed by atoms with Crippen LogP contribution in [0, 0.1) is 0 Å². The number of carbonyl (C=O) groups excluding carboxylic acids is 2. The summed E-state index contributed by atoms with van der Waals surface area (Å²) in [5, 5.41) is 0. The third-order valence-corrected chi connectivity index (χ3v) is 2.33. The fourth-order valence-electron chi connectivity index (χ4n) is 1.48. The maximum Gasteiger partial charge on any atom is 0.310 e. The van der Waals surface area contributed by atoms with E-state index in [4.69, 9.17) is 9.47 Å². The standard InChI is InChI=1S/C13H16O4/c1-4-17-13(15)8-11-6-5-10(9(2)14)7-12(11)16-3/h5-7H,4,8H2,1-3H3. The monoisotopic (exact) mass is 236 g/mol. The van der Waals surface area contributed by atoms with Gasteiger partial charge in [0.2, 0.25) is 0 Å². The number of ether oxygens (including phenoxy) is 2. The molecule has 1 aromatic carbocycles. The third-order valence-electron chi connectivity index (χ3n) is 2.33. The van der Waals surface area contributed by atoms with E-state index >= 15 is 0 Å². The molecule has 0 radical (unpaired) electrons. The van der Waals surface area contributed by atoms with Crippen molar-refractivity contribution in [3.8, 4) is 5.75 Å². The Morgan fingerprint density at radius 2 is 2.00 bits per heavy atom. The van der Waals surface area contributed by atoms with Crippen LogP contribution >= 0.6 is 0 Å². The molecule has 0 saturated carbocycles. The Balaban J connectivity index is 2.92. The Bertz CT molecular complexity index is 423. The molecule has 4 nitrogen and oxygen atoms in total. The minimum Gasteiger partial charge on any atom is -0.496 e. The predicted molar refractivity (Wildman–Crippen MR) is 63.3 cm³/mol. The topological polar surface area (TPSA) is 52.6 Å². The van der Waals surface area contributed by atoms with Gasteiger partial charge in [0.15, 0.2) is 5.78 Å². The molecule has 0 aliphatic heterocycles. The first-order chi connectivity index (χ1) is 8.08. The number of esters is 1. The first kappa shape index (κ1) is 13.2. The van der Waals surface area contributed by atoms with Crippen molar-refractivity contribution in [3.05, 3.63) is 29.3 Å². The van der Waals surface area contributed by atoms with Crippen molar-refractivity contribution in [2.24, 2.45) is 0 Å². The van der Waals surface area contributed by atoms with Crippen LogP contribution in [0.3, 0.4) is 0 Å². The summed E-state index contributed by atoms with van der Waals surface area (Å²) in [5.74, 6) is 0.193. The van der Waals surface area contributed by atoms with E-state index < -0.39 is 0 Å². The van der Waals surface area contributed by atoms with Gasteiger partial charge in [0.05, 0.1) is 20.1 Å². The Kier molecular flexibility index (Phi) is 4.69. The molecule has 0 spiro atoms. The first-order valence-electron chi connectivity index (χ1n) is 5.42. The van der Waals surface area contributed by atoms with E-state index in [2.05, 4.69) is 0 Å². The van der Waals surface area contributed by atoms with Crippen LogP contribution in [-0.2, 0) is 16.0 Å². The van der Waals surface area contributed by atoms with Crippen molar-refractivity contribution >= 4 is 11.8 Å². The third kappa shape index (κ3) is 3.59. The van der Waals surface area contributed by atoms with Crippen molar-refractivity contribution < 1.29 is 19.1 Å². The summed E-state index contributed by atoms with van der Waals surface area (Å²) in [5.41, 5.74) is 1.28. The normalized spacial score (nSPS) is 9.82. The van der Waals surface area contributed by atoms with E-state index in [1.54, 1.807) is 25.1 Å². The predicted octanol–water partition coefficient (Wildman–Crippen LogP) is 2.00. The largest absolute Gasteiger partial charge is 0.496 e. The molecule has 0 aromatic heterocycles. The molecule has 4 heteroatoms. The molecule has 92 valence electrons. The highest BCUT2D eigenvalue weighted by molar-refractivity contribution is 5.94. The van der Waals surface area contributed by atoms with Gasteiger partial charge in [-0.15, -0.1) is 0 Å². The summed E-state index contributed by atoms with van der Waals surface area (Å²) in [7, 11) is 1.51. The molecule has 17 heavy (non-hydrogen) atoms. The molecule has 0 bridgehead atoms. The van der Waals surface area contributed by atoms with Gasteiger partial charge < -0.3 is 9.47 Å². The highest BCUT2D eigenvalue weighted by Crippen LogP contribution is 2.21. The second-order valence-corrected chi connectivity index (χ2v) is 3.56. The molecule has 0 aliphatic carbocycles. The summed E-state index contributed by atoms with van der Waals surface area (Å²) < 4.78 is 10.0. The zero-order valence-corrected chi connectivity index (χ0v) is 10.3. The number of benzene rings is 1. The average molecular weight is 236 g/mol. The van der Waals surface area contributed by atoms with Crippen LogP contribution in [0.1, 0.15) is 29.8 Å². The average Bonchev–Trinajstić information content (AvgIpc) is 2.29.